The maximum Gasteiger partial charge on any atom is 0.220 e. The van der Waals surface area contributed by atoms with Gasteiger partial charge in [0.1, 0.15) is 0 Å². The molecule has 13 heavy (non-hydrogen) atoms. The molecule has 0 aliphatic carbocycles. The Bertz CT molecular complexity index is 88.1. The first-order valence-electron chi connectivity index (χ1n) is 5.15. The Kier molecular flexibility index (Phi) is 75.4. The molecule has 1 amide bonds. The quantitative estimate of drug-likeness (QED) is 0.669. The molecule has 2 heteroatoms. The molecule has 0 saturated heterocycles. The van der Waals surface area contributed by atoms with Crippen LogP contribution in [0.25, 0.3) is 0 Å². The van der Waals surface area contributed by atoms with Crippen molar-refractivity contribution in [2.45, 2.75) is 55.4 Å². The molecule has 0 atom stereocenters. The number of carbonyl (C=O) groups is 1. The normalized spacial score (nSPS) is 6.46. The Morgan fingerprint density at radius 2 is 1.31 bits per heavy atom. The van der Waals surface area contributed by atoms with E-state index in [0.29, 0.717) is 0 Å². The summed E-state index contributed by atoms with van der Waals surface area (Å²) in [5, 5.41) is 2.48. The minimum atomic E-state index is -0.0295. The van der Waals surface area contributed by atoms with Crippen molar-refractivity contribution < 1.29 is 4.79 Å². The molecule has 0 rings (SSSR count). The van der Waals surface area contributed by atoms with Gasteiger partial charge in [-0.05, 0) is 13.1 Å². The predicted octanol–water partition coefficient (Wildman–Crippen LogP) is 3.73. The fourth-order valence-electron chi connectivity index (χ4n) is 0.201. The van der Waals surface area contributed by atoms with E-state index in [1.165, 1.54) is 6.92 Å². The van der Waals surface area contributed by atoms with E-state index in [1.807, 2.05) is 48.5 Å². The van der Waals surface area contributed by atoms with Crippen LogP contribution in [0.1, 0.15) is 55.4 Å². The number of carbonyl (C=O) groups excluding carboxylic acids is 1. The van der Waals surface area contributed by atoms with E-state index in [1.54, 1.807) is 12.3 Å². The van der Waals surface area contributed by atoms with Gasteiger partial charge in [0.05, 0.1) is 0 Å². The summed E-state index contributed by atoms with van der Waals surface area (Å²) >= 11 is 0. The van der Waals surface area contributed by atoms with Crippen LogP contribution in [0.2, 0.25) is 0 Å². The lowest BCUT2D eigenvalue weighted by molar-refractivity contribution is -0.118. The third-order valence-corrected chi connectivity index (χ3v) is 0.453. The van der Waals surface area contributed by atoms with Crippen molar-refractivity contribution in [3.63, 3.8) is 0 Å². The lowest BCUT2D eigenvalue weighted by Crippen LogP contribution is -2.10. The molecular weight excluding hydrogens is 162 g/mol. The average molecular weight is 189 g/mol. The van der Waals surface area contributed by atoms with Crippen LogP contribution in [0.5, 0.6) is 0 Å². The monoisotopic (exact) mass is 189 g/mol. The highest BCUT2D eigenvalue weighted by Crippen LogP contribution is 1.61. The predicted molar refractivity (Wildman–Crippen MR) is 62.7 cm³/mol. The minimum Gasteiger partial charge on any atom is -0.333 e. The first-order valence-corrected chi connectivity index (χ1v) is 5.15. The van der Waals surface area contributed by atoms with E-state index in [-0.39, 0.29) is 5.91 Å². The number of amides is 1. The van der Waals surface area contributed by atoms with Gasteiger partial charge in [0.15, 0.2) is 0 Å². The lowest BCUT2D eigenvalue weighted by atomic mass is 10.6. The highest BCUT2D eigenvalue weighted by atomic mass is 16.1. The van der Waals surface area contributed by atoms with Gasteiger partial charge in [-0.2, -0.15) is 0 Å². The topological polar surface area (TPSA) is 29.1 Å². The van der Waals surface area contributed by atoms with Crippen molar-refractivity contribution in [3.8, 4) is 0 Å². The second-order valence-corrected chi connectivity index (χ2v) is 1.20. The number of hydrogen-bond acceptors (Lipinski definition) is 1. The van der Waals surface area contributed by atoms with E-state index >= 15 is 0 Å². The molecule has 0 saturated carbocycles. The summed E-state index contributed by atoms with van der Waals surface area (Å²) in [5.41, 5.74) is 0. The van der Waals surface area contributed by atoms with Gasteiger partial charge in [-0.1, -0.05) is 47.6 Å². The molecule has 0 fully saturated rings. The standard InChI is InChI=1S/C5H9NO.3C2H6/c1-3-4-6-5(2)7;3*1-2/h3-4H,1-2H3,(H,6,7);3*1-2H3/b4-3-;;;. The molecular formula is C11H27NO. The maximum absolute atomic E-state index is 10.0. The third-order valence-electron chi connectivity index (χ3n) is 0.453. The summed E-state index contributed by atoms with van der Waals surface area (Å²) in [4.78, 5) is 10.0. The highest BCUT2D eigenvalue weighted by Gasteiger charge is 1.77. The Labute approximate surface area is 84.4 Å². The van der Waals surface area contributed by atoms with Gasteiger partial charge in [-0.25, -0.2) is 0 Å². The van der Waals surface area contributed by atoms with Crippen molar-refractivity contribution in [2.75, 3.05) is 0 Å². The maximum atomic E-state index is 10.0. The van der Waals surface area contributed by atoms with E-state index in [9.17, 15) is 4.79 Å². The molecule has 0 aromatic rings. The number of hydrogen-bond donors (Lipinski definition) is 1. The molecule has 0 spiro atoms. The average Bonchev–Trinajstić information content (AvgIpc) is 2.24. The van der Waals surface area contributed by atoms with Crippen LogP contribution in [-0.4, -0.2) is 5.91 Å². The largest absolute Gasteiger partial charge is 0.333 e. The molecule has 2 nitrogen and oxygen atoms in total. The van der Waals surface area contributed by atoms with Crippen molar-refractivity contribution in [1.82, 2.24) is 5.32 Å². The van der Waals surface area contributed by atoms with Gasteiger partial charge in [0.2, 0.25) is 5.91 Å². The van der Waals surface area contributed by atoms with E-state index in [2.05, 4.69) is 5.32 Å². The molecule has 0 bridgehead atoms. The number of allylic oxidation sites excluding steroid dienone is 1. The second kappa shape index (κ2) is 43.1. The summed E-state index contributed by atoms with van der Waals surface area (Å²) in [6.45, 7) is 15.3. The first kappa shape index (κ1) is 22.8. The molecule has 0 heterocycles. The van der Waals surface area contributed by atoms with Gasteiger partial charge < -0.3 is 5.32 Å². The van der Waals surface area contributed by atoms with Crippen LogP contribution in [0.15, 0.2) is 12.3 Å². The Balaban J connectivity index is -0.0000000573. The third kappa shape index (κ3) is 92.3. The summed E-state index contributed by atoms with van der Waals surface area (Å²) < 4.78 is 0. The summed E-state index contributed by atoms with van der Waals surface area (Å²) in [5.74, 6) is -0.0295. The van der Waals surface area contributed by atoms with E-state index < -0.39 is 0 Å². The minimum absolute atomic E-state index is 0.0295. The highest BCUT2D eigenvalue weighted by molar-refractivity contribution is 5.73. The van der Waals surface area contributed by atoms with Crippen LogP contribution in [0.4, 0.5) is 0 Å². The molecule has 0 aromatic carbocycles. The molecule has 82 valence electrons. The van der Waals surface area contributed by atoms with Crippen LogP contribution < -0.4 is 5.32 Å². The van der Waals surface area contributed by atoms with Crippen molar-refractivity contribution in [2.24, 2.45) is 0 Å². The smallest absolute Gasteiger partial charge is 0.220 e. The van der Waals surface area contributed by atoms with Crippen molar-refractivity contribution in [3.05, 3.63) is 12.3 Å². The fourth-order valence-corrected chi connectivity index (χ4v) is 0.201. The zero-order valence-corrected chi connectivity index (χ0v) is 10.6. The van der Waals surface area contributed by atoms with Gasteiger partial charge in [-0.15, -0.1) is 0 Å². The molecule has 0 radical (unpaired) electrons. The Hall–Kier alpha value is -0.790. The van der Waals surface area contributed by atoms with Crippen LogP contribution >= 0.6 is 0 Å². The van der Waals surface area contributed by atoms with E-state index in [0.717, 1.165) is 0 Å². The SMILES string of the molecule is C/C=C\NC(C)=O.CC.CC.CC. The summed E-state index contributed by atoms with van der Waals surface area (Å²) in [7, 11) is 0. The number of rotatable bonds is 1. The van der Waals surface area contributed by atoms with Crippen molar-refractivity contribution >= 4 is 5.91 Å². The van der Waals surface area contributed by atoms with Gasteiger partial charge in [0.25, 0.3) is 0 Å². The zero-order chi connectivity index (χ0) is 11.7. The van der Waals surface area contributed by atoms with Crippen molar-refractivity contribution in [1.29, 1.82) is 0 Å². The summed E-state index contributed by atoms with van der Waals surface area (Å²) in [6.07, 6.45) is 3.36. The van der Waals surface area contributed by atoms with Gasteiger partial charge >= 0.3 is 0 Å². The number of nitrogens with one attached hydrogen (secondary N) is 1. The lowest BCUT2D eigenvalue weighted by Gasteiger charge is -1.85. The van der Waals surface area contributed by atoms with Crippen LogP contribution in [0.3, 0.4) is 0 Å². The molecule has 0 aromatic heterocycles. The zero-order valence-electron chi connectivity index (χ0n) is 10.6. The van der Waals surface area contributed by atoms with Crippen LogP contribution in [-0.2, 0) is 4.79 Å². The second-order valence-electron chi connectivity index (χ2n) is 1.20. The van der Waals surface area contributed by atoms with E-state index in [4.69, 9.17) is 0 Å². The molecule has 0 aliphatic heterocycles. The molecule has 1 N–H and O–H groups in total. The Morgan fingerprint density at radius 3 is 1.38 bits per heavy atom. The summed E-state index contributed by atoms with van der Waals surface area (Å²) in [6, 6.07) is 0. The van der Waals surface area contributed by atoms with Crippen LogP contribution in [0, 0.1) is 0 Å². The Morgan fingerprint density at radius 1 is 1.00 bits per heavy atom. The molecule has 0 aliphatic rings. The molecule has 0 unspecified atom stereocenters. The first-order chi connectivity index (χ1) is 6.27. The van der Waals surface area contributed by atoms with Gasteiger partial charge in [0, 0.05) is 6.92 Å². The fraction of sp³-hybridized carbons (Fsp3) is 0.727. The van der Waals surface area contributed by atoms with Gasteiger partial charge in [-0.3, -0.25) is 4.79 Å².